The molecule has 0 fully saturated rings. The van der Waals surface area contributed by atoms with Gasteiger partial charge in [0.15, 0.2) is 0 Å². The van der Waals surface area contributed by atoms with E-state index in [1.54, 1.807) is 17.4 Å². The van der Waals surface area contributed by atoms with E-state index in [-0.39, 0.29) is 0 Å². The van der Waals surface area contributed by atoms with Crippen molar-refractivity contribution < 1.29 is 9.63 Å². The number of hydrogen-bond acceptors (Lipinski definition) is 5. The fourth-order valence-corrected chi connectivity index (χ4v) is 1.96. The lowest BCUT2D eigenvalue weighted by Gasteiger charge is -2.08. The van der Waals surface area contributed by atoms with Crippen LogP contribution >= 0.6 is 11.3 Å². The molecular weight excluding hydrogens is 212 g/mol. The van der Waals surface area contributed by atoms with Crippen molar-refractivity contribution in [2.24, 2.45) is 0 Å². The Morgan fingerprint density at radius 3 is 3.13 bits per heavy atom. The molecule has 15 heavy (non-hydrogen) atoms. The summed E-state index contributed by atoms with van der Waals surface area (Å²) in [5, 5.41) is 18.6. The van der Waals surface area contributed by atoms with Gasteiger partial charge in [-0.3, -0.25) is 0 Å². The number of hydrogen-bond donors (Lipinski definition) is 2. The third-order valence-corrected chi connectivity index (χ3v) is 2.98. The van der Waals surface area contributed by atoms with Gasteiger partial charge < -0.3 is 14.9 Å². The Bertz CT molecular complexity index is 372. The van der Waals surface area contributed by atoms with E-state index in [2.05, 4.69) is 10.5 Å². The van der Waals surface area contributed by atoms with Crippen molar-refractivity contribution in [1.29, 1.82) is 0 Å². The van der Waals surface area contributed by atoms with E-state index in [1.165, 1.54) is 6.26 Å². The Kier molecular flexibility index (Phi) is 3.49. The molecule has 0 aliphatic rings. The van der Waals surface area contributed by atoms with Gasteiger partial charge in [-0.05, 0) is 11.4 Å². The number of thiophene rings is 1. The van der Waals surface area contributed by atoms with Crippen LogP contribution in [0.3, 0.4) is 0 Å². The lowest BCUT2D eigenvalue weighted by Crippen LogP contribution is -2.20. The average Bonchev–Trinajstić information content (AvgIpc) is 2.90. The summed E-state index contributed by atoms with van der Waals surface area (Å²) in [5.41, 5.74) is 0.841. The normalized spacial score (nSPS) is 12.9. The number of aliphatic hydroxyl groups excluding tert-OH is 1. The van der Waals surface area contributed by atoms with Crippen LogP contribution in [0, 0.1) is 0 Å². The zero-order valence-corrected chi connectivity index (χ0v) is 8.91. The van der Waals surface area contributed by atoms with Crippen LogP contribution < -0.4 is 5.32 Å². The van der Waals surface area contributed by atoms with Crippen LogP contribution in [-0.4, -0.2) is 16.8 Å². The summed E-state index contributed by atoms with van der Waals surface area (Å²) >= 11 is 1.55. The Balaban J connectivity index is 1.74. The topological polar surface area (TPSA) is 58.3 Å². The van der Waals surface area contributed by atoms with E-state index >= 15 is 0 Å². The first kappa shape index (κ1) is 10.4. The fraction of sp³-hybridized carbons (Fsp3) is 0.300. The maximum absolute atomic E-state index is 9.74. The molecular formula is C10H12N2O2S. The van der Waals surface area contributed by atoms with Crippen molar-refractivity contribution in [3.63, 3.8) is 0 Å². The highest BCUT2D eigenvalue weighted by Crippen LogP contribution is 2.17. The summed E-state index contributed by atoms with van der Waals surface area (Å²) in [7, 11) is 0. The second-order valence-electron chi connectivity index (χ2n) is 3.15. The van der Waals surface area contributed by atoms with Gasteiger partial charge >= 0.3 is 0 Å². The van der Waals surface area contributed by atoms with Crippen LogP contribution in [0.5, 0.6) is 0 Å². The van der Waals surface area contributed by atoms with Gasteiger partial charge in [-0.2, -0.15) is 0 Å². The first-order chi connectivity index (χ1) is 7.36. The maximum Gasteiger partial charge on any atom is 0.124 e. The minimum Gasteiger partial charge on any atom is -0.386 e. The van der Waals surface area contributed by atoms with Crippen LogP contribution in [0.25, 0.3) is 0 Å². The van der Waals surface area contributed by atoms with Crippen molar-refractivity contribution in [1.82, 2.24) is 10.5 Å². The Morgan fingerprint density at radius 2 is 2.47 bits per heavy atom. The van der Waals surface area contributed by atoms with Crippen molar-refractivity contribution >= 4 is 11.3 Å². The molecule has 2 heterocycles. The van der Waals surface area contributed by atoms with E-state index < -0.39 is 6.10 Å². The summed E-state index contributed by atoms with van der Waals surface area (Å²) in [6.07, 6.45) is 1.09. The Hall–Kier alpha value is -1.17. The van der Waals surface area contributed by atoms with Crippen LogP contribution in [0.2, 0.25) is 0 Å². The molecule has 2 rings (SSSR count). The summed E-state index contributed by atoms with van der Waals surface area (Å²) in [5.74, 6) is 0. The molecule has 0 radical (unpaired) electrons. The van der Waals surface area contributed by atoms with Gasteiger partial charge in [0, 0.05) is 24.0 Å². The molecule has 0 aliphatic heterocycles. The van der Waals surface area contributed by atoms with Crippen molar-refractivity contribution in [2.75, 3.05) is 6.54 Å². The summed E-state index contributed by atoms with van der Waals surface area (Å²) in [4.78, 5) is 0.975. The lowest BCUT2D eigenvalue weighted by molar-refractivity contribution is 0.177. The van der Waals surface area contributed by atoms with Gasteiger partial charge in [0.25, 0.3) is 0 Å². The first-order valence-corrected chi connectivity index (χ1v) is 5.55. The Labute approximate surface area is 91.5 Å². The van der Waals surface area contributed by atoms with E-state index in [4.69, 9.17) is 4.52 Å². The predicted octanol–water partition coefficient (Wildman–Crippen LogP) is 1.56. The second kappa shape index (κ2) is 5.06. The molecule has 2 N–H and O–H groups in total. The summed E-state index contributed by atoms with van der Waals surface area (Å²) in [6, 6.07) is 5.65. The van der Waals surface area contributed by atoms with Gasteiger partial charge in [-0.25, -0.2) is 0 Å². The predicted molar refractivity (Wildman–Crippen MR) is 57.5 cm³/mol. The molecule has 0 saturated heterocycles. The van der Waals surface area contributed by atoms with Gasteiger partial charge in [-0.1, -0.05) is 11.2 Å². The number of aliphatic hydroxyl groups is 1. The van der Waals surface area contributed by atoms with Crippen molar-refractivity contribution in [2.45, 2.75) is 12.6 Å². The van der Waals surface area contributed by atoms with E-state index in [1.807, 2.05) is 17.5 Å². The van der Waals surface area contributed by atoms with Gasteiger partial charge in [0.2, 0.25) is 0 Å². The molecule has 0 saturated carbocycles. The van der Waals surface area contributed by atoms with Crippen LogP contribution in [0.1, 0.15) is 16.7 Å². The zero-order chi connectivity index (χ0) is 10.5. The molecule has 5 heteroatoms. The number of nitrogens with zero attached hydrogens (tertiary/aromatic N) is 1. The van der Waals surface area contributed by atoms with Crippen LogP contribution in [-0.2, 0) is 6.54 Å². The first-order valence-electron chi connectivity index (χ1n) is 4.67. The van der Waals surface area contributed by atoms with E-state index in [9.17, 15) is 5.11 Å². The SMILES string of the molecule is OC(CNCc1ccon1)c1cccs1. The molecule has 0 amide bonds. The number of aromatic nitrogens is 1. The van der Waals surface area contributed by atoms with Crippen LogP contribution in [0.15, 0.2) is 34.4 Å². The molecule has 1 unspecified atom stereocenters. The van der Waals surface area contributed by atoms with Crippen LogP contribution in [0.4, 0.5) is 0 Å². The molecule has 2 aromatic heterocycles. The molecule has 80 valence electrons. The minimum atomic E-state index is -0.447. The molecule has 0 aliphatic carbocycles. The highest BCUT2D eigenvalue weighted by atomic mass is 32.1. The minimum absolute atomic E-state index is 0.447. The monoisotopic (exact) mass is 224 g/mol. The van der Waals surface area contributed by atoms with E-state index in [0.717, 1.165) is 10.6 Å². The molecule has 2 aromatic rings. The molecule has 0 spiro atoms. The molecule has 0 aromatic carbocycles. The third kappa shape index (κ3) is 2.89. The molecule has 0 bridgehead atoms. The molecule has 4 nitrogen and oxygen atoms in total. The number of rotatable bonds is 5. The van der Waals surface area contributed by atoms with Crippen molar-refractivity contribution in [3.05, 3.63) is 40.4 Å². The van der Waals surface area contributed by atoms with Gasteiger partial charge in [-0.15, -0.1) is 11.3 Å². The van der Waals surface area contributed by atoms with Gasteiger partial charge in [0.1, 0.15) is 12.4 Å². The van der Waals surface area contributed by atoms with Gasteiger partial charge in [0.05, 0.1) is 5.69 Å². The quantitative estimate of drug-likeness (QED) is 0.809. The average molecular weight is 224 g/mol. The molecule has 1 atom stereocenters. The number of nitrogens with one attached hydrogen (secondary N) is 1. The highest BCUT2D eigenvalue weighted by Gasteiger charge is 2.07. The van der Waals surface area contributed by atoms with E-state index in [0.29, 0.717) is 13.1 Å². The second-order valence-corrected chi connectivity index (χ2v) is 4.13. The lowest BCUT2D eigenvalue weighted by atomic mass is 10.3. The summed E-state index contributed by atoms with van der Waals surface area (Å²) < 4.78 is 4.69. The maximum atomic E-state index is 9.74. The van der Waals surface area contributed by atoms with Crippen molar-refractivity contribution in [3.8, 4) is 0 Å². The smallest absolute Gasteiger partial charge is 0.124 e. The fourth-order valence-electron chi connectivity index (χ4n) is 1.25. The largest absolute Gasteiger partial charge is 0.386 e. The Morgan fingerprint density at radius 1 is 1.53 bits per heavy atom. The summed E-state index contributed by atoms with van der Waals surface area (Å²) in [6.45, 7) is 1.13. The highest BCUT2D eigenvalue weighted by molar-refractivity contribution is 7.10. The zero-order valence-electron chi connectivity index (χ0n) is 8.09. The standard InChI is InChI=1S/C10H12N2O2S/c13-9(10-2-1-5-15-10)7-11-6-8-3-4-14-12-8/h1-5,9,11,13H,6-7H2. The third-order valence-electron chi connectivity index (χ3n) is 2.01.